The number of aryl methyl sites for hydroxylation is 1. The highest BCUT2D eigenvalue weighted by atomic mass is 16.2. The molecule has 5 nitrogen and oxygen atoms in total. The first-order valence-corrected chi connectivity index (χ1v) is 13.1. The Balaban J connectivity index is 1.20. The van der Waals surface area contributed by atoms with E-state index < -0.39 is 0 Å². The van der Waals surface area contributed by atoms with Gasteiger partial charge in [-0.1, -0.05) is 44.0 Å². The van der Waals surface area contributed by atoms with Crippen LogP contribution in [0.4, 0.5) is 0 Å². The third-order valence-corrected chi connectivity index (χ3v) is 7.91. The van der Waals surface area contributed by atoms with Gasteiger partial charge in [-0.15, -0.1) is 0 Å². The molecule has 1 aliphatic carbocycles. The van der Waals surface area contributed by atoms with Crippen LogP contribution in [0.25, 0.3) is 0 Å². The second-order valence-corrected chi connectivity index (χ2v) is 10.0. The van der Waals surface area contributed by atoms with Crippen molar-refractivity contribution in [1.82, 2.24) is 15.1 Å². The van der Waals surface area contributed by atoms with E-state index in [-0.39, 0.29) is 17.9 Å². The molecule has 176 valence electrons. The van der Waals surface area contributed by atoms with E-state index in [4.69, 9.17) is 0 Å². The molecule has 2 fully saturated rings. The Labute approximate surface area is 193 Å². The second kappa shape index (κ2) is 11.3. The van der Waals surface area contributed by atoms with E-state index in [0.29, 0.717) is 18.4 Å². The second-order valence-electron chi connectivity index (χ2n) is 10.0. The van der Waals surface area contributed by atoms with E-state index in [9.17, 15) is 9.59 Å². The van der Waals surface area contributed by atoms with Crippen LogP contribution in [0.2, 0.25) is 0 Å². The zero-order valence-corrected chi connectivity index (χ0v) is 19.9. The molecule has 1 N–H and O–H groups in total. The smallest absolute Gasteiger partial charge is 0.223 e. The standard InChI is InChI=1S/C27H41N3O2/c1-2-3-4-12-26(31)30-19-15-23(16-20-30)29-17-13-22(14-18-29)27(32)28-25-11-7-9-21-8-5-6-10-24(21)25/h5-6,8,10,22-23,25H,2-4,7,9,11-20H2,1H3,(H,28,32). The predicted molar refractivity (Wildman–Crippen MR) is 128 cm³/mol. The van der Waals surface area contributed by atoms with E-state index in [2.05, 4.69) is 46.3 Å². The highest BCUT2D eigenvalue weighted by molar-refractivity contribution is 5.79. The maximum Gasteiger partial charge on any atom is 0.223 e. The quantitative estimate of drug-likeness (QED) is 0.638. The van der Waals surface area contributed by atoms with Crippen molar-refractivity contribution < 1.29 is 9.59 Å². The molecule has 1 aromatic rings. The topological polar surface area (TPSA) is 52.7 Å². The van der Waals surface area contributed by atoms with Crippen LogP contribution in [0.3, 0.4) is 0 Å². The van der Waals surface area contributed by atoms with E-state index in [0.717, 1.165) is 90.4 Å². The SMILES string of the molecule is CCCCCC(=O)N1CCC(N2CCC(C(=O)NC3CCCc4ccccc43)CC2)CC1. The Morgan fingerprint density at radius 1 is 0.969 bits per heavy atom. The number of amides is 2. The summed E-state index contributed by atoms with van der Waals surface area (Å²) in [6.45, 7) is 5.99. The lowest BCUT2D eigenvalue weighted by atomic mass is 9.86. The van der Waals surface area contributed by atoms with E-state index >= 15 is 0 Å². The molecular formula is C27H41N3O2. The molecule has 32 heavy (non-hydrogen) atoms. The van der Waals surface area contributed by atoms with Crippen LogP contribution in [0.5, 0.6) is 0 Å². The van der Waals surface area contributed by atoms with Gasteiger partial charge in [0.2, 0.25) is 11.8 Å². The van der Waals surface area contributed by atoms with Gasteiger partial charge in [-0.05, 0) is 75.6 Å². The minimum absolute atomic E-state index is 0.139. The van der Waals surface area contributed by atoms with Gasteiger partial charge in [0.25, 0.3) is 0 Å². The summed E-state index contributed by atoms with van der Waals surface area (Å²) < 4.78 is 0. The van der Waals surface area contributed by atoms with Gasteiger partial charge < -0.3 is 15.1 Å². The number of carbonyl (C=O) groups excluding carboxylic acids is 2. The molecule has 4 rings (SSSR count). The number of unbranched alkanes of at least 4 members (excludes halogenated alkanes) is 2. The first-order valence-electron chi connectivity index (χ1n) is 13.1. The number of fused-ring (bicyclic) bond motifs is 1. The minimum atomic E-state index is 0.139. The van der Waals surface area contributed by atoms with Crippen LogP contribution in [0, 0.1) is 5.92 Å². The van der Waals surface area contributed by atoms with Crippen molar-refractivity contribution in [3.8, 4) is 0 Å². The predicted octanol–water partition coefficient (Wildman–Crippen LogP) is 4.46. The van der Waals surface area contributed by atoms with Gasteiger partial charge in [-0.3, -0.25) is 9.59 Å². The molecule has 1 aromatic carbocycles. The average molecular weight is 440 g/mol. The number of benzene rings is 1. The van der Waals surface area contributed by atoms with Crippen molar-refractivity contribution in [2.45, 2.75) is 89.6 Å². The molecule has 2 aliphatic heterocycles. The van der Waals surface area contributed by atoms with E-state index in [1.165, 1.54) is 11.1 Å². The summed E-state index contributed by atoms with van der Waals surface area (Å²) in [7, 11) is 0. The van der Waals surface area contributed by atoms with Crippen molar-refractivity contribution in [3.63, 3.8) is 0 Å². The zero-order chi connectivity index (χ0) is 22.3. The summed E-state index contributed by atoms with van der Waals surface area (Å²) in [5.41, 5.74) is 2.72. The molecule has 0 aromatic heterocycles. The third kappa shape index (κ3) is 5.72. The fourth-order valence-electron chi connectivity index (χ4n) is 5.88. The van der Waals surface area contributed by atoms with Gasteiger partial charge in [0.1, 0.15) is 0 Å². The molecule has 0 radical (unpaired) electrons. The fraction of sp³-hybridized carbons (Fsp3) is 0.704. The lowest BCUT2D eigenvalue weighted by molar-refractivity contribution is -0.133. The van der Waals surface area contributed by atoms with Crippen LogP contribution in [0.1, 0.15) is 88.3 Å². The Morgan fingerprint density at radius 3 is 2.47 bits per heavy atom. The summed E-state index contributed by atoms with van der Waals surface area (Å²) in [5.74, 6) is 0.732. The largest absolute Gasteiger partial charge is 0.349 e. The monoisotopic (exact) mass is 439 g/mol. The zero-order valence-electron chi connectivity index (χ0n) is 19.9. The number of rotatable bonds is 7. The maximum atomic E-state index is 13.0. The number of likely N-dealkylation sites (tertiary alicyclic amines) is 2. The summed E-state index contributed by atoms with van der Waals surface area (Å²) in [4.78, 5) is 30.1. The molecule has 0 spiro atoms. The lowest BCUT2D eigenvalue weighted by Gasteiger charge is -2.41. The van der Waals surface area contributed by atoms with E-state index in [1.54, 1.807) is 0 Å². The molecule has 5 heteroatoms. The van der Waals surface area contributed by atoms with Crippen LogP contribution in [-0.4, -0.2) is 53.8 Å². The number of nitrogens with one attached hydrogen (secondary N) is 1. The molecule has 2 heterocycles. The van der Waals surface area contributed by atoms with Gasteiger partial charge >= 0.3 is 0 Å². The molecule has 0 bridgehead atoms. The molecule has 2 saturated heterocycles. The van der Waals surface area contributed by atoms with E-state index in [1.807, 2.05) is 0 Å². The van der Waals surface area contributed by atoms with Crippen LogP contribution < -0.4 is 5.32 Å². The van der Waals surface area contributed by atoms with Gasteiger partial charge in [-0.2, -0.15) is 0 Å². The van der Waals surface area contributed by atoms with Crippen molar-refractivity contribution in [1.29, 1.82) is 0 Å². The molecule has 1 atom stereocenters. The molecule has 1 unspecified atom stereocenters. The summed E-state index contributed by atoms with van der Waals surface area (Å²) >= 11 is 0. The number of nitrogens with zero attached hydrogens (tertiary/aromatic N) is 2. The average Bonchev–Trinajstić information content (AvgIpc) is 2.84. The van der Waals surface area contributed by atoms with Gasteiger partial charge in [0, 0.05) is 31.5 Å². The number of carbonyl (C=O) groups is 2. The van der Waals surface area contributed by atoms with Crippen molar-refractivity contribution in [3.05, 3.63) is 35.4 Å². The summed E-state index contributed by atoms with van der Waals surface area (Å²) in [6, 6.07) is 9.34. The normalized spacial score (nSPS) is 23.0. The molecular weight excluding hydrogens is 398 g/mol. The number of hydrogen-bond donors (Lipinski definition) is 1. The van der Waals surface area contributed by atoms with Crippen molar-refractivity contribution in [2.24, 2.45) is 5.92 Å². The van der Waals surface area contributed by atoms with Gasteiger partial charge in [-0.25, -0.2) is 0 Å². The molecule has 2 amide bonds. The van der Waals surface area contributed by atoms with Gasteiger partial charge in [0.05, 0.1) is 6.04 Å². The Bertz CT molecular complexity index is 764. The Morgan fingerprint density at radius 2 is 1.72 bits per heavy atom. The first-order chi connectivity index (χ1) is 15.7. The number of piperidine rings is 2. The minimum Gasteiger partial charge on any atom is -0.349 e. The van der Waals surface area contributed by atoms with Crippen LogP contribution in [0.15, 0.2) is 24.3 Å². The van der Waals surface area contributed by atoms with Gasteiger partial charge in [0.15, 0.2) is 0 Å². The molecule has 3 aliphatic rings. The van der Waals surface area contributed by atoms with Crippen molar-refractivity contribution >= 4 is 11.8 Å². The number of hydrogen-bond acceptors (Lipinski definition) is 3. The van der Waals surface area contributed by atoms with Crippen LogP contribution >= 0.6 is 0 Å². The van der Waals surface area contributed by atoms with Crippen LogP contribution in [-0.2, 0) is 16.0 Å². The Kier molecular flexibility index (Phi) is 8.23. The summed E-state index contributed by atoms with van der Waals surface area (Å²) in [5, 5.41) is 3.38. The highest BCUT2D eigenvalue weighted by Crippen LogP contribution is 2.31. The molecule has 0 saturated carbocycles. The third-order valence-electron chi connectivity index (χ3n) is 7.91. The maximum absolute atomic E-state index is 13.0. The lowest BCUT2D eigenvalue weighted by Crippen LogP contribution is -2.50. The first kappa shape index (κ1) is 23.3. The fourth-order valence-corrected chi connectivity index (χ4v) is 5.88. The summed E-state index contributed by atoms with van der Waals surface area (Å²) in [6.07, 6.45) is 11.5. The highest BCUT2D eigenvalue weighted by Gasteiger charge is 2.32. The Hall–Kier alpha value is -1.88. The van der Waals surface area contributed by atoms with Crippen molar-refractivity contribution in [2.75, 3.05) is 26.2 Å².